The monoisotopic (exact) mass is 304 g/mol. The van der Waals surface area contributed by atoms with E-state index >= 15 is 0 Å². The minimum absolute atomic E-state index is 0.256. The molecule has 0 amide bonds. The highest BCUT2D eigenvalue weighted by atomic mass is 32.2. The molecule has 0 radical (unpaired) electrons. The summed E-state index contributed by atoms with van der Waals surface area (Å²) < 4.78 is 27.1. The predicted octanol–water partition coefficient (Wildman–Crippen LogP) is 3.53. The van der Waals surface area contributed by atoms with Crippen molar-refractivity contribution in [2.75, 3.05) is 4.72 Å². The van der Waals surface area contributed by atoms with Gasteiger partial charge in [-0.25, -0.2) is 13.4 Å². The molecule has 0 fully saturated rings. The van der Waals surface area contributed by atoms with Crippen molar-refractivity contribution in [3.63, 3.8) is 0 Å². The third kappa shape index (κ3) is 4.29. The summed E-state index contributed by atoms with van der Waals surface area (Å²) in [6.07, 6.45) is 3.21. The van der Waals surface area contributed by atoms with Crippen LogP contribution in [-0.2, 0) is 16.4 Å². The van der Waals surface area contributed by atoms with E-state index in [1.807, 2.05) is 25.1 Å². The smallest absolute Gasteiger partial charge is 0.263 e. The van der Waals surface area contributed by atoms with Gasteiger partial charge in [0.15, 0.2) is 0 Å². The number of nitrogens with zero attached hydrogens (tertiary/aromatic N) is 1. The summed E-state index contributed by atoms with van der Waals surface area (Å²) >= 11 is 0. The number of aromatic nitrogens is 1. The molecule has 112 valence electrons. The van der Waals surface area contributed by atoms with Gasteiger partial charge in [-0.3, -0.25) is 4.72 Å². The molecule has 2 aromatic rings. The minimum Gasteiger partial charge on any atom is -0.263 e. The fourth-order valence-electron chi connectivity index (χ4n) is 2.01. The van der Waals surface area contributed by atoms with Crippen molar-refractivity contribution in [2.45, 2.75) is 38.0 Å². The molecule has 4 nitrogen and oxygen atoms in total. The van der Waals surface area contributed by atoms with Crippen molar-refractivity contribution in [1.29, 1.82) is 0 Å². The molecule has 0 saturated carbocycles. The Labute approximate surface area is 126 Å². The topological polar surface area (TPSA) is 59.1 Å². The van der Waals surface area contributed by atoms with Gasteiger partial charge in [-0.2, -0.15) is 0 Å². The average molecular weight is 304 g/mol. The van der Waals surface area contributed by atoms with Gasteiger partial charge in [0, 0.05) is 5.69 Å². The van der Waals surface area contributed by atoms with E-state index in [1.54, 1.807) is 24.3 Å². The highest BCUT2D eigenvalue weighted by molar-refractivity contribution is 7.92. The molecule has 1 aromatic carbocycles. The number of pyridine rings is 1. The Bertz CT molecular complexity index is 694. The van der Waals surface area contributed by atoms with Crippen LogP contribution in [0.15, 0.2) is 47.4 Å². The summed E-state index contributed by atoms with van der Waals surface area (Å²) in [4.78, 5) is 4.41. The quantitative estimate of drug-likeness (QED) is 0.888. The summed E-state index contributed by atoms with van der Waals surface area (Å²) in [5, 5.41) is 0. The number of anilines is 1. The van der Waals surface area contributed by atoms with E-state index in [-0.39, 0.29) is 4.90 Å². The molecule has 0 unspecified atom stereocenters. The first-order chi connectivity index (χ1) is 10.0. The molecule has 0 spiro atoms. The molecule has 0 aliphatic heterocycles. The molecule has 1 N–H and O–H groups in total. The second-order valence-corrected chi connectivity index (χ2v) is 6.70. The lowest BCUT2D eigenvalue weighted by atomic mass is 10.1. The average Bonchev–Trinajstić information content (AvgIpc) is 2.45. The predicted molar refractivity (Wildman–Crippen MR) is 84.8 cm³/mol. The number of rotatable bonds is 6. The largest absolute Gasteiger partial charge is 0.263 e. The van der Waals surface area contributed by atoms with Gasteiger partial charge in [-0.05, 0) is 49.6 Å². The highest BCUT2D eigenvalue weighted by Crippen LogP contribution is 2.16. The number of aryl methyl sites for hydroxylation is 2. The van der Waals surface area contributed by atoms with Crippen molar-refractivity contribution in [3.05, 3.63) is 53.7 Å². The van der Waals surface area contributed by atoms with Crippen LogP contribution in [0.1, 0.15) is 31.0 Å². The van der Waals surface area contributed by atoms with E-state index in [4.69, 9.17) is 0 Å². The molecule has 5 heteroatoms. The van der Waals surface area contributed by atoms with Crippen molar-refractivity contribution in [2.24, 2.45) is 0 Å². The molecule has 1 heterocycles. The van der Waals surface area contributed by atoms with Crippen LogP contribution < -0.4 is 4.72 Å². The fourth-order valence-corrected chi connectivity index (χ4v) is 3.01. The summed E-state index contributed by atoms with van der Waals surface area (Å²) in [5.74, 6) is 0.338. The van der Waals surface area contributed by atoms with Gasteiger partial charge in [0.1, 0.15) is 5.82 Å². The minimum atomic E-state index is -3.58. The van der Waals surface area contributed by atoms with Crippen LogP contribution in [0.4, 0.5) is 5.82 Å². The SMILES string of the molecule is CCCCc1ccc(S(=O)(=O)Nc2cccc(C)n2)cc1. The van der Waals surface area contributed by atoms with E-state index in [0.717, 1.165) is 30.5 Å². The lowest BCUT2D eigenvalue weighted by molar-refractivity contribution is 0.601. The van der Waals surface area contributed by atoms with Crippen molar-refractivity contribution >= 4 is 15.8 Å². The number of nitrogens with one attached hydrogen (secondary N) is 1. The zero-order valence-corrected chi connectivity index (χ0v) is 13.2. The van der Waals surface area contributed by atoms with Crippen LogP contribution in [0, 0.1) is 6.92 Å². The molecule has 0 saturated heterocycles. The lowest BCUT2D eigenvalue weighted by Crippen LogP contribution is -2.14. The summed E-state index contributed by atoms with van der Waals surface area (Å²) in [7, 11) is -3.58. The second-order valence-electron chi connectivity index (χ2n) is 5.02. The van der Waals surface area contributed by atoms with Gasteiger partial charge in [0.05, 0.1) is 4.90 Å². The van der Waals surface area contributed by atoms with Crippen molar-refractivity contribution in [1.82, 2.24) is 4.98 Å². The van der Waals surface area contributed by atoms with E-state index in [2.05, 4.69) is 16.6 Å². The Hall–Kier alpha value is -1.88. The van der Waals surface area contributed by atoms with Crippen LogP contribution >= 0.6 is 0 Å². The van der Waals surface area contributed by atoms with E-state index in [1.165, 1.54) is 0 Å². The zero-order valence-electron chi connectivity index (χ0n) is 12.3. The van der Waals surface area contributed by atoms with Crippen LogP contribution in [0.5, 0.6) is 0 Å². The summed E-state index contributed by atoms with van der Waals surface area (Å²) in [6.45, 7) is 3.96. The molecule has 0 bridgehead atoms. The summed E-state index contributed by atoms with van der Waals surface area (Å²) in [5.41, 5.74) is 1.93. The molecule has 0 atom stereocenters. The van der Waals surface area contributed by atoms with E-state index in [0.29, 0.717) is 5.82 Å². The van der Waals surface area contributed by atoms with Gasteiger partial charge in [-0.15, -0.1) is 0 Å². The number of sulfonamides is 1. The third-order valence-electron chi connectivity index (χ3n) is 3.18. The number of unbranched alkanes of at least 4 members (excludes halogenated alkanes) is 1. The number of hydrogen-bond acceptors (Lipinski definition) is 3. The van der Waals surface area contributed by atoms with Crippen LogP contribution in [0.2, 0.25) is 0 Å². The Balaban J connectivity index is 2.15. The molecule has 0 aliphatic rings. The van der Waals surface area contributed by atoms with Gasteiger partial charge in [0.2, 0.25) is 0 Å². The van der Waals surface area contributed by atoms with E-state index in [9.17, 15) is 8.42 Å². The van der Waals surface area contributed by atoms with E-state index < -0.39 is 10.0 Å². The fraction of sp³-hybridized carbons (Fsp3) is 0.312. The first kappa shape index (κ1) is 15.5. The molecular weight excluding hydrogens is 284 g/mol. The maximum Gasteiger partial charge on any atom is 0.263 e. The second kappa shape index (κ2) is 6.72. The highest BCUT2D eigenvalue weighted by Gasteiger charge is 2.14. The number of benzene rings is 1. The number of hydrogen-bond donors (Lipinski definition) is 1. The lowest BCUT2D eigenvalue weighted by Gasteiger charge is -2.08. The Morgan fingerprint density at radius 1 is 1.10 bits per heavy atom. The Kier molecular flexibility index (Phi) is 4.96. The molecular formula is C16H20N2O2S. The van der Waals surface area contributed by atoms with Crippen molar-refractivity contribution < 1.29 is 8.42 Å². The first-order valence-electron chi connectivity index (χ1n) is 7.06. The molecule has 2 rings (SSSR count). The maximum atomic E-state index is 12.3. The Morgan fingerprint density at radius 3 is 2.43 bits per heavy atom. The molecule has 0 aliphatic carbocycles. The normalized spacial score (nSPS) is 11.3. The maximum absolute atomic E-state index is 12.3. The van der Waals surface area contributed by atoms with Crippen molar-refractivity contribution in [3.8, 4) is 0 Å². The van der Waals surface area contributed by atoms with Crippen LogP contribution in [0.25, 0.3) is 0 Å². The van der Waals surface area contributed by atoms with Gasteiger partial charge in [0.25, 0.3) is 10.0 Å². The van der Waals surface area contributed by atoms with Gasteiger partial charge >= 0.3 is 0 Å². The Morgan fingerprint density at radius 2 is 1.81 bits per heavy atom. The third-order valence-corrected chi connectivity index (χ3v) is 4.55. The van der Waals surface area contributed by atoms with Crippen LogP contribution in [-0.4, -0.2) is 13.4 Å². The molecule has 1 aromatic heterocycles. The van der Waals surface area contributed by atoms with Gasteiger partial charge in [-0.1, -0.05) is 31.5 Å². The van der Waals surface area contributed by atoms with Gasteiger partial charge < -0.3 is 0 Å². The first-order valence-corrected chi connectivity index (χ1v) is 8.55. The summed E-state index contributed by atoms with van der Waals surface area (Å²) in [6, 6.07) is 12.3. The van der Waals surface area contributed by atoms with Crippen LogP contribution in [0.3, 0.4) is 0 Å². The molecule has 21 heavy (non-hydrogen) atoms. The zero-order chi connectivity index (χ0) is 15.3. The standard InChI is InChI=1S/C16H20N2O2S/c1-3-4-7-14-9-11-15(12-10-14)21(19,20)18-16-8-5-6-13(2)17-16/h5-6,8-12H,3-4,7H2,1-2H3,(H,17,18).